The van der Waals surface area contributed by atoms with Gasteiger partial charge in [-0.25, -0.2) is 0 Å². The maximum atomic E-state index is 11.1. The molecule has 0 spiro atoms. The molecule has 4 nitrogen and oxygen atoms in total. The lowest BCUT2D eigenvalue weighted by molar-refractivity contribution is -0.138. The monoisotopic (exact) mass is 268 g/mol. The third-order valence-corrected chi connectivity index (χ3v) is 5.05. The molecule has 1 saturated heterocycles. The molecule has 2 rings (SSSR count). The van der Waals surface area contributed by atoms with Crippen molar-refractivity contribution < 1.29 is 9.90 Å². The van der Waals surface area contributed by atoms with Crippen molar-refractivity contribution in [1.82, 2.24) is 9.80 Å². The molecule has 0 aromatic rings. The van der Waals surface area contributed by atoms with Gasteiger partial charge in [-0.1, -0.05) is 19.3 Å². The zero-order valence-corrected chi connectivity index (χ0v) is 12.3. The average Bonchev–Trinajstić information content (AvgIpc) is 2.53. The van der Waals surface area contributed by atoms with Crippen molar-refractivity contribution in [2.75, 3.05) is 20.1 Å². The Kier molecular flexibility index (Phi) is 5.22. The van der Waals surface area contributed by atoms with Gasteiger partial charge in [-0.05, 0) is 39.8 Å². The van der Waals surface area contributed by atoms with Crippen LogP contribution in [0.15, 0.2) is 0 Å². The minimum Gasteiger partial charge on any atom is -0.481 e. The first-order valence-corrected chi connectivity index (χ1v) is 7.75. The lowest BCUT2D eigenvalue weighted by Crippen LogP contribution is -2.45. The first-order chi connectivity index (χ1) is 9.08. The molecule has 1 N–H and O–H groups in total. The second kappa shape index (κ2) is 6.71. The highest BCUT2D eigenvalue weighted by Crippen LogP contribution is 2.26. The van der Waals surface area contributed by atoms with E-state index in [1.165, 1.54) is 32.1 Å². The molecule has 1 aliphatic heterocycles. The van der Waals surface area contributed by atoms with Crippen LogP contribution in [0.3, 0.4) is 0 Å². The van der Waals surface area contributed by atoms with Crippen LogP contribution in [-0.2, 0) is 4.79 Å². The van der Waals surface area contributed by atoms with Gasteiger partial charge < -0.3 is 5.11 Å². The summed E-state index contributed by atoms with van der Waals surface area (Å²) in [6, 6.07) is 1.35. The van der Waals surface area contributed by atoms with Gasteiger partial charge in [0, 0.05) is 24.7 Å². The lowest BCUT2D eigenvalue weighted by atomic mass is 9.93. The summed E-state index contributed by atoms with van der Waals surface area (Å²) in [5, 5.41) is 9.11. The molecule has 4 heteroatoms. The van der Waals surface area contributed by atoms with Gasteiger partial charge in [-0.3, -0.25) is 14.6 Å². The summed E-state index contributed by atoms with van der Waals surface area (Å²) in [7, 11) is 2.09. The number of carbonyl (C=O) groups is 1. The standard InChI is InChI=1S/C15H28N2O2/c1-12-8-9-17(13-6-4-3-5-7-13)11-14(16(12)2)10-15(18)19/h12-14H,3-11H2,1-2H3,(H,18,19). The SMILES string of the molecule is CC1CCN(C2CCCCC2)CC(CC(=O)O)N1C. The van der Waals surface area contributed by atoms with Crippen LogP contribution in [0.1, 0.15) is 51.9 Å². The number of carboxylic acid groups (broad SMARTS) is 1. The largest absolute Gasteiger partial charge is 0.481 e. The number of nitrogens with zero attached hydrogens (tertiary/aromatic N) is 2. The van der Waals surface area contributed by atoms with Crippen LogP contribution < -0.4 is 0 Å². The first kappa shape index (κ1) is 14.8. The van der Waals surface area contributed by atoms with Gasteiger partial charge in [-0.2, -0.15) is 0 Å². The van der Waals surface area contributed by atoms with E-state index in [1.807, 2.05) is 0 Å². The summed E-state index contributed by atoms with van der Waals surface area (Å²) >= 11 is 0. The van der Waals surface area contributed by atoms with E-state index in [9.17, 15) is 4.79 Å². The second-order valence-electron chi connectivity index (χ2n) is 6.34. The van der Waals surface area contributed by atoms with Crippen LogP contribution in [0.5, 0.6) is 0 Å². The molecule has 0 radical (unpaired) electrons. The van der Waals surface area contributed by atoms with Crippen LogP contribution in [0.2, 0.25) is 0 Å². The highest BCUT2D eigenvalue weighted by molar-refractivity contribution is 5.67. The zero-order valence-electron chi connectivity index (χ0n) is 12.3. The lowest BCUT2D eigenvalue weighted by Gasteiger charge is -2.36. The Morgan fingerprint density at radius 2 is 1.89 bits per heavy atom. The minimum absolute atomic E-state index is 0.164. The molecule has 1 saturated carbocycles. The number of carboxylic acids is 1. The van der Waals surface area contributed by atoms with E-state index in [4.69, 9.17) is 5.11 Å². The molecule has 19 heavy (non-hydrogen) atoms. The van der Waals surface area contributed by atoms with E-state index in [1.54, 1.807) is 0 Å². The summed E-state index contributed by atoms with van der Waals surface area (Å²) in [4.78, 5) is 15.9. The summed E-state index contributed by atoms with van der Waals surface area (Å²) in [5.41, 5.74) is 0. The van der Waals surface area contributed by atoms with Crippen molar-refractivity contribution in [2.24, 2.45) is 0 Å². The molecule has 1 heterocycles. The van der Waals surface area contributed by atoms with Crippen LogP contribution in [0.4, 0.5) is 0 Å². The van der Waals surface area contributed by atoms with Crippen molar-refractivity contribution in [1.29, 1.82) is 0 Å². The quantitative estimate of drug-likeness (QED) is 0.852. The Morgan fingerprint density at radius 1 is 1.21 bits per heavy atom. The number of aliphatic carboxylic acids is 1. The van der Waals surface area contributed by atoms with Gasteiger partial charge in [0.2, 0.25) is 0 Å². The number of hydrogen-bond donors (Lipinski definition) is 1. The Balaban J connectivity index is 2.02. The van der Waals surface area contributed by atoms with Crippen LogP contribution >= 0.6 is 0 Å². The second-order valence-corrected chi connectivity index (χ2v) is 6.34. The summed E-state index contributed by atoms with van der Waals surface area (Å²) in [5.74, 6) is -0.672. The van der Waals surface area contributed by atoms with Gasteiger partial charge in [0.15, 0.2) is 0 Å². The Hall–Kier alpha value is -0.610. The van der Waals surface area contributed by atoms with Crippen molar-refractivity contribution in [2.45, 2.75) is 70.0 Å². The van der Waals surface area contributed by atoms with Gasteiger partial charge in [-0.15, -0.1) is 0 Å². The number of rotatable bonds is 3. The Bertz CT molecular complexity index is 303. The zero-order chi connectivity index (χ0) is 13.8. The van der Waals surface area contributed by atoms with Gasteiger partial charge in [0.25, 0.3) is 0 Å². The van der Waals surface area contributed by atoms with Gasteiger partial charge in [0.05, 0.1) is 6.42 Å². The molecule has 2 fully saturated rings. The Labute approximate surface area is 116 Å². The fraction of sp³-hybridized carbons (Fsp3) is 0.933. The van der Waals surface area contributed by atoms with Crippen molar-refractivity contribution in [3.63, 3.8) is 0 Å². The van der Waals surface area contributed by atoms with E-state index >= 15 is 0 Å². The topological polar surface area (TPSA) is 43.8 Å². The first-order valence-electron chi connectivity index (χ1n) is 7.75. The van der Waals surface area contributed by atoms with E-state index in [0.717, 1.165) is 19.5 Å². The predicted molar refractivity (Wildman–Crippen MR) is 76.3 cm³/mol. The number of hydrogen-bond acceptors (Lipinski definition) is 3. The maximum Gasteiger partial charge on any atom is 0.304 e. The fourth-order valence-corrected chi connectivity index (χ4v) is 3.59. The fourth-order valence-electron chi connectivity index (χ4n) is 3.59. The molecule has 110 valence electrons. The molecular formula is C15H28N2O2. The normalized spacial score (nSPS) is 32.1. The summed E-state index contributed by atoms with van der Waals surface area (Å²) < 4.78 is 0. The highest BCUT2D eigenvalue weighted by atomic mass is 16.4. The molecule has 0 aromatic carbocycles. The van der Waals surface area contributed by atoms with Crippen molar-refractivity contribution in [3.8, 4) is 0 Å². The molecule has 1 aliphatic carbocycles. The molecule has 0 aromatic heterocycles. The molecule has 0 bridgehead atoms. The van der Waals surface area contributed by atoms with Crippen LogP contribution in [0.25, 0.3) is 0 Å². The van der Waals surface area contributed by atoms with Crippen LogP contribution in [-0.4, -0.2) is 59.1 Å². The van der Waals surface area contributed by atoms with Gasteiger partial charge >= 0.3 is 5.97 Å². The molecule has 2 unspecified atom stereocenters. The van der Waals surface area contributed by atoms with E-state index in [2.05, 4.69) is 23.8 Å². The van der Waals surface area contributed by atoms with E-state index in [-0.39, 0.29) is 12.5 Å². The summed E-state index contributed by atoms with van der Waals surface area (Å²) in [6.07, 6.45) is 8.09. The predicted octanol–water partition coefficient (Wildman–Crippen LogP) is 2.19. The molecular weight excluding hydrogens is 240 g/mol. The highest BCUT2D eigenvalue weighted by Gasteiger charge is 2.31. The average molecular weight is 268 g/mol. The molecule has 0 amide bonds. The smallest absolute Gasteiger partial charge is 0.304 e. The minimum atomic E-state index is -0.672. The van der Waals surface area contributed by atoms with Crippen molar-refractivity contribution >= 4 is 5.97 Å². The molecule has 2 atom stereocenters. The summed E-state index contributed by atoms with van der Waals surface area (Å²) in [6.45, 7) is 4.28. The third-order valence-electron chi connectivity index (χ3n) is 5.05. The van der Waals surface area contributed by atoms with E-state index in [0.29, 0.717) is 12.1 Å². The maximum absolute atomic E-state index is 11.1. The van der Waals surface area contributed by atoms with Crippen LogP contribution in [0, 0.1) is 0 Å². The molecule has 2 aliphatic rings. The Morgan fingerprint density at radius 3 is 2.53 bits per heavy atom. The van der Waals surface area contributed by atoms with E-state index < -0.39 is 5.97 Å². The number of likely N-dealkylation sites (N-methyl/N-ethyl adjacent to an activating group) is 1. The van der Waals surface area contributed by atoms with Crippen molar-refractivity contribution in [3.05, 3.63) is 0 Å². The third kappa shape index (κ3) is 3.93. The van der Waals surface area contributed by atoms with Gasteiger partial charge in [0.1, 0.15) is 0 Å².